The van der Waals surface area contributed by atoms with E-state index in [0.717, 1.165) is 36.7 Å². The van der Waals surface area contributed by atoms with Crippen LogP contribution in [-0.2, 0) is 16.0 Å². The second kappa shape index (κ2) is 7.81. The predicted molar refractivity (Wildman–Crippen MR) is 106 cm³/mol. The van der Waals surface area contributed by atoms with Gasteiger partial charge in [-0.15, -0.1) is 0 Å². The Morgan fingerprint density at radius 2 is 1.88 bits per heavy atom. The molecule has 0 saturated heterocycles. The first-order valence-corrected chi connectivity index (χ1v) is 10.1. The largest absolute Gasteiger partial charge is 0.326 e. The van der Waals surface area contributed by atoms with Gasteiger partial charge in [-0.25, -0.2) is 0 Å². The van der Waals surface area contributed by atoms with Crippen molar-refractivity contribution < 1.29 is 9.59 Å². The summed E-state index contributed by atoms with van der Waals surface area (Å²) in [7, 11) is 0. The normalized spacial score (nSPS) is 17.9. The molecule has 142 valence electrons. The van der Waals surface area contributed by atoms with E-state index in [1.54, 1.807) is 0 Å². The minimum Gasteiger partial charge on any atom is -0.326 e. The SMILES string of the molecule is CC(C)(C)C(=O)N1CCc2ccc(NC(=O)CCC3CCCCC3)cc21. The molecule has 1 aromatic rings. The Bertz CT molecular complexity index is 669. The maximum absolute atomic E-state index is 12.7. The van der Waals surface area contributed by atoms with Crippen LogP contribution in [0.2, 0.25) is 0 Å². The molecule has 0 spiro atoms. The van der Waals surface area contributed by atoms with Gasteiger partial charge in [-0.2, -0.15) is 0 Å². The predicted octanol–water partition coefficient (Wildman–Crippen LogP) is 4.92. The molecule has 2 aliphatic rings. The van der Waals surface area contributed by atoms with Gasteiger partial charge in [0.15, 0.2) is 0 Å². The smallest absolute Gasteiger partial charge is 0.232 e. The van der Waals surface area contributed by atoms with E-state index in [0.29, 0.717) is 6.42 Å². The van der Waals surface area contributed by atoms with Gasteiger partial charge >= 0.3 is 0 Å². The van der Waals surface area contributed by atoms with Gasteiger partial charge in [-0.3, -0.25) is 9.59 Å². The molecule has 4 nitrogen and oxygen atoms in total. The number of fused-ring (bicyclic) bond motifs is 1. The summed E-state index contributed by atoms with van der Waals surface area (Å²) in [5, 5.41) is 3.03. The van der Waals surface area contributed by atoms with Gasteiger partial charge in [-0.05, 0) is 36.5 Å². The van der Waals surface area contributed by atoms with Crippen LogP contribution in [0.1, 0.15) is 71.3 Å². The zero-order valence-electron chi connectivity index (χ0n) is 16.4. The summed E-state index contributed by atoms with van der Waals surface area (Å²) >= 11 is 0. The van der Waals surface area contributed by atoms with E-state index in [4.69, 9.17) is 0 Å². The van der Waals surface area contributed by atoms with E-state index >= 15 is 0 Å². The van der Waals surface area contributed by atoms with Crippen molar-refractivity contribution >= 4 is 23.2 Å². The highest BCUT2D eigenvalue weighted by Gasteiger charge is 2.32. The molecule has 1 saturated carbocycles. The van der Waals surface area contributed by atoms with Crippen molar-refractivity contribution in [1.29, 1.82) is 0 Å². The van der Waals surface area contributed by atoms with Gasteiger partial charge in [0.2, 0.25) is 11.8 Å². The molecule has 4 heteroatoms. The van der Waals surface area contributed by atoms with E-state index in [2.05, 4.69) is 5.32 Å². The number of carbonyl (C=O) groups is 2. The summed E-state index contributed by atoms with van der Waals surface area (Å²) in [6.07, 6.45) is 8.99. The fourth-order valence-corrected chi connectivity index (χ4v) is 4.11. The summed E-state index contributed by atoms with van der Waals surface area (Å²) in [4.78, 5) is 26.9. The first kappa shape index (κ1) is 18.9. The third kappa shape index (κ3) is 4.46. The van der Waals surface area contributed by atoms with Gasteiger partial charge in [0.1, 0.15) is 0 Å². The quantitative estimate of drug-likeness (QED) is 0.832. The fraction of sp³-hybridized carbons (Fsp3) is 0.636. The van der Waals surface area contributed by atoms with Crippen LogP contribution in [0.15, 0.2) is 18.2 Å². The molecule has 1 N–H and O–H groups in total. The van der Waals surface area contributed by atoms with Crippen molar-refractivity contribution in [3.05, 3.63) is 23.8 Å². The van der Waals surface area contributed by atoms with Crippen LogP contribution in [0.4, 0.5) is 11.4 Å². The van der Waals surface area contributed by atoms with Crippen LogP contribution >= 0.6 is 0 Å². The van der Waals surface area contributed by atoms with Crippen LogP contribution in [0.25, 0.3) is 0 Å². The van der Waals surface area contributed by atoms with Crippen molar-refractivity contribution in [3.8, 4) is 0 Å². The summed E-state index contributed by atoms with van der Waals surface area (Å²) in [6.45, 7) is 6.57. The number of hydrogen-bond acceptors (Lipinski definition) is 2. The third-order valence-electron chi connectivity index (χ3n) is 5.66. The second-order valence-corrected chi connectivity index (χ2v) is 8.89. The Balaban J connectivity index is 1.61. The summed E-state index contributed by atoms with van der Waals surface area (Å²) in [5.74, 6) is 0.939. The van der Waals surface area contributed by atoms with Crippen molar-refractivity contribution in [2.75, 3.05) is 16.8 Å². The Hall–Kier alpha value is -1.84. The minimum atomic E-state index is -0.402. The zero-order valence-corrected chi connectivity index (χ0v) is 16.4. The van der Waals surface area contributed by atoms with Crippen molar-refractivity contribution in [3.63, 3.8) is 0 Å². The van der Waals surface area contributed by atoms with Crippen LogP contribution in [0.3, 0.4) is 0 Å². The number of benzene rings is 1. The van der Waals surface area contributed by atoms with E-state index in [-0.39, 0.29) is 11.8 Å². The molecule has 0 bridgehead atoms. The number of nitrogens with zero attached hydrogens (tertiary/aromatic N) is 1. The van der Waals surface area contributed by atoms with Crippen LogP contribution in [-0.4, -0.2) is 18.4 Å². The lowest BCUT2D eigenvalue weighted by Crippen LogP contribution is -2.38. The highest BCUT2D eigenvalue weighted by molar-refractivity contribution is 6.00. The first-order chi connectivity index (χ1) is 12.3. The minimum absolute atomic E-state index is 0.0854. The molecule has 0 aromatic heterocycles. The Labute approximate surface area is 157 Å². The molecule has 1 fully saturated rings. The molecule has 1 aromatic carbocycles. The Kier molecular flexibility index (Phi) is 5.69. The van der Waals surface area contributed by atoms with Crippen LogP contribution in [0.5, 0.6) is 0 Å². The zero-order chi connectivity index (χ0) is 18.7. The number of rotatable bonds is 4. The highest BCUT2D eigenvalue weighted by atomic mass is 16.2. The van der Waals surface area contributed by atoms with E-state index in [1.807, 2.05) is 43.9 Å². The highest BCUT2D eigenvalue weighted by Crippen LogP contribution is 2.34. The molecule has 0 unspecified atom stereocenters. The van der Waals surface area contributed by atoms with Crippen molar-refractivity contribution in [1.82, 2.24) is 0 Å². The second-order valence-electron chi connectivity index (χ2n) is 8.89. The lowest BCUT2D eigenvalue weighted by atomic mass is 9.86. The molecule has 2 amide bonds. The topological polar surface area (TPSA) is 49.4 Å². The van der Waals surface area contributed by atoms with Crippen LogP contribution < -0.4 is 10.2 Å². The maximum atomic E-state index is 12.7. The van der Waals surface area contributed by atoms with Gasteiger partial charge in [0, 0.05) is 29.8 Å². The number of amides is 2. The van der Waals surface area contributed by atoms with Gasteiger partial charge in [0.05, 0.1) is 0 Å². The molecule has 1 aliphatic heterocycles. The van der Waals surface area contributed by atoms with E-state index in [9.17, 15) is 9.59 Å². The lowest BCUT2D eigenvalue weighted by Gasteiger charge is -2.26. The molecule has 26 heavy (non-hydrogen) atoms. The van der Waals surface area contributed by atoms with Crippen molar-refractivity contribution in [2.45, 2.75) is 72.1 Å². The number of nitrogens with one attached hydrogen (secondary N) is 1. The summed E-state index contributed by atoms with van der Waals surface area (Å²) in [5.41, 5.74) is 2.53. The molecule has 1 heterocycles. The monoisotopic (exact) mass is 356 g/mol. The molecule has 1 aliphatic carbocycles. The average Bonchev–Trinajstić information content (AvgIpc) is 3.02. The fourth-order valence-electron chi connectivity index (χ4n) is 4.11. The molecule has 0 radical (unpaired) electrons. The first-order valence-electron chi connectivity index (χ1n) is 10.1. The Morgan fingerprint density at radius 3 is 2.58 bits per heavy atom. The standard InChI is InChI=1S/C22H32N2O2/c1-22(2,3)21(26)24-14-13-17-10-11-18(15-19(17)24)23-20(25)12-9-16-7-5-4-6-8-16/h10-11,15-16H,4-9,12-14H2,1-3H3,(H,23,25). The molecule has 0 atom stereocenters. The van der Waals surface area contributed by atoms with E-state index in [1.165, 1.54) is 37.7 Å². The third-order valence-corrected chi connectivity index (χ3v) is 5.66. The molecular formula is C22H32N2O2. The summed E-state index contributed by atoms with van der Waals surface area (Å²) in [6, 6.07) is 5.97. The summed E-state index contributed by atoms with van der Waals surface area (Å²) < 4.78 is 0. The van der Waals surface area contributed by atoms with Gasteiger partial charge < -0.3 is 10.2 Å². The lowest BCUT2D eigenvalue weighted by molar-refractivity contribution is -0.125. The number of carbonyl (C=O) groups excluding carboxylic acids is 2. The molecular weight excluding hydrogens is 324 g/mol. The Morgan fingerprint density at radius 1 is 1.15 bits per heavy atom. The van der Waals surface area contributed by atoms with E-state index < -0.39 is 5.41 Å². The maximum Gasteiger partial charge on any atom is 0.232 e. The number of anilines is 2. The van der Waals surface area contributed by atoms with Crippen LogP contribution in [0, 0.1) is 11.3 Å². The van der Waals surface area contributed by atoms with Gasteiger partial charge in [0.25, 0.3) is 0 Å². The van der Waals surface area contributed by atoms with Gasteiger partial charge in [-0.1, -0.05) is 58.9 Å². The number of hydrogen-bond donors (Lipinski definition) is 1. The average molecular weight is 357 g/mol. The van der Waals surface area contributed by atoms with Crippen molar-refractivity contribution in [2.24, 2.45) is 11.3 Å². The molecule has 3 rings (SSSR count).